The number of hydrogen-bond donors (Lipinski definition) is 2. The molecule has 1 aliphatic carbocycles. The van der Waals surface area contributed by atoms with Crippen molar-refractivity contribution in [1.29, 1.82) is 0 Å². The highest BCUT2D eigenvalue weighted by atomic mass is 32.2. The molecule has 2 fully saturated rings. The van der Waals surface area contributed by atoms with Crippen LogP contribution >= 0.6 is 11.3 Å². The fourth-order valence-electron chi connectivity index (χ4n) is 5.54. The van der Waals surface area contributed by atoms with Crippen molar-refractivity contribution >= 4 is 50.5 Å². The number of nitrogens with one attached hydrogen (secondary N) is 1. The first-order valence-electron chi connectivity index (χ1n) is 13.9. The average Bonchev–Trinajstić information content (AvgIpc) is 3.72. The van der Waals surface area contributed by atoms with Crippen molar-refractivity contribution in [2.24, 2.45) is 0 Å². The number of amides is 2. The summed E-state index contributed by atoms with van der Waals surface area (Å²) < 4.78 is 68.0. The van der Waals surface area contributed by atoms with Gasteiger partial charge in [0.1, 0.15) is 10.4 Å². The first kappa shape index (κ1) is 30.1. The zero-order chi connectivity index (χ0) is 31.6. The monoisotopic (exact) mass is 650 g/mol. The number of fused-ring (bicyclic) bond motifs is 1. The van der Waals surface area contributed by atoms with Crippen LogP contribution in [0.25, 0.3) is 10.6 Å². The van der Waals surface area contributed by atoms with E-state index in [0.29, 0.717) is 42.9 Å². The summed E-state index contributed by atoms with van der Waals surface area (Å²) in [6.07, 6.45) is -3.24. The highest BCUT2D eigenvalue weighted by molar-refractivity contribution is 7.91. The summed E-state index contributed by atoms with van der Waals surface area (Å²) in [5.41, 5.74) is 0.821. The van der Waals surface area contributed by atoms with Gasteiger partial charge in [0, 0.05) is 56.8 Å². The number of thiophene rings is 1. The molecule has 1 aromatic carbocycles. The molecule has 3 aromatic rings. The Morgan fingerprint density at radius 1 is 1.16 bits per heavy atom. The van der Waals surface area contributed by atoms with Crippen LogP contribution in [0.1, 0.15) is 46.5 Å². The molecule has 2 amide bonds. The maximum Gasteiger partial charge on any atom is 0.420 e. The van der Waals surface area contributed by atoms with Gasteiger partial charge in [-0.05, 0) is 55.5 Å². The first-order chi connectivity index (χ1) is 20.7. The normalized spacial score (nSPS) is 20.3. The second kappa shape index (κ2) is 10.9. The van der Waals surface area contributed by atoms with Crippen LogP contribution in [-0.4, -0.2) is 90.3 Å². The number of hydrogen-bond acceptors (Lipinski definition) is 9. The van der Waals surface area contributed by atoms with Gasteiger partial charge in [-0.3, -0.25) is 4.79 Å². The molecule has 2 N–H and O–H groups in total. The van der Waals surface area contributed by atoms with E-state index in [9.17, 15) is 36.3 Å². The summed E-state index contributed by atoms with van der Waals surface area (Å²) in [6, 6.07) is 6.60. The molecule has 234 valence electrons. The fraction of sp³-hybridized carbons (Fsp3) is 0.429. The topological polar surface area (TPSA) is 136 Å². The SMILES string of the molecule is C[C@@H]1CN(c2ccc(Nc3ncc(C(F)(F)F)c(-c4cc5c(s4)C(=O)N(C)CCS5(=O)=O)n3)c(C3CC3)c2)CCN1C(=O)O. The first-order valence-corrected chi connectivity index (χ1v) is 16.4. The van der Waals surface area contributed by atoms with Gasteiger partial charge in [-0.15, -0.1) is 11.3 Å². The third kappa shape index (κ3) is 5.67. The van der Waals surface area contributed by atoms with Crippen molar-refractivity contribution in [2.45, 2.75) is 42.8 Å². The van der Waals surface area contributed by atoms with Crippen LogP contribution in [-0.2, 0) is 16.0 Å². The number of carbonyl (C=O) groups is 2. The average molecular weight is 651 g/mol. The minimum absolute atomic E-state index is 0.0209. The Morgan fingerprint density at radius 3 is 2.57 bits per heavy atom. The van der Waals surface area contributed by atoms with Crippen LogP contribution in [0.5, 0.6) is 0 Å². The van der Waals surface area contributed by atoms with Gasteiger partial charge in [0.15, 0.2) is 9.84 Å². The van der Waals surface area contributed by atoms with Crippen molar-refractivity contribution in [3.8, 4) is 10.6 Å². The molecular formula is C28H29F3N6O5S2. The van der Waals surface area contributed by atoms with Gasteiger partial charge >= 0.3 is 12.3 Å². The van der Waals surface area contributed by atoms with Gasteiger partial charge in [0.2, 0.25) is 5.95 Å². The predicted molar refractivity (Wildman–Crippen MR) is 157 cm³/mol. The van der Waals surface area contributed by atoms with Crippen LogP contribution in [0.15, 0.2) is 35.4 Å². The Balaban J connectivity index is 1.35. The van der Waals surface area contributed by atoms with Gasteiger partial charge in [-0.1, -0.05) is 0 Å². The molecule has 2 aliphatic heterocycles. The largest absolute Gasteiger partial charge is 0.465 e. The van der Waals surface area contributed by atoms with Crippen molar-refractivity contribution in [1.82, 2.24) is 19.8 Å². The molecule has 4 heterocycles. The highest BCUT2D eigenvalue weighted by Crippen LogP contribution is 2.46. The number of rotatable bonds is 5. The number of sulfone groups is 1. The summed E-state index contributed by atoms with van der Waals surface area (Å²) in [7, 11) is -2.46. The van der Waals surface area contributed by atoms with Gasteiger partial charge in [0.25, 0.3) is 5.91 Å². The van der Waals surface area contributed by atoms with Gasteiger partial charge < -0.3 is 25.1 Å². The number of nitrogens with zero attached hydrogens (tertiary/aromatic N) is 5. The van der Waals surface area contributed by atoms with Crippen LogP contribution in [0.4, 0.5) is 35.3 Å². The van der Waals surface area contributed by atoms with Crippen molar-refractivity contribution in [3.63, 3.8) is 0 Å². The minimum atomic E-state index is -4.84. The van der Waals surface area contributed by atoms with Crippen LogP contribution < -0.4 is 10.2 Å². The molecule has 11 nitrogen and oxygen atoms in total. The molecule has 16 heteroatoms. The van der Waals surface area contributed by atoms with Crippen LogP contribution in [0.2, 0.25) is 0 Å². The van der Waals surface area contributed by atoms with Crippen LogP contribution in [0.3, 0.4) is 0 Å². The Labute approximate surface area is 255 Å². The summed E-state index contributed by atoms with van der Waals surface area (Å²) in [6.45, 7) is 3.25. The number of carbonyl (C=O) groups excluding carboxylic acids is 1. The van der Waals surface area contributed by atoms with E-state index < -0.39 is 39.3 Å². The molecule has 1 saturated heterocycles. The Morgan fingerprint density at radius 2 is 1.91 bits per heavy atom. The Hall–Kier alpha value is -3.92. The second-order valence-corrected chi connectivity index (χ2v) is 14.4. The number of halogens is 3. The Kier molecular flexibility index (Phi) is 7.47. The lowest BCUT2D eigenvalue weighted by molar-refractivity contribution is -0.137. The number of carboxylic acid groups (broad SMARTS) is 1. The van der Waals surface area contributed by atoms with Gasteiger partial charge in [-0.25, -0.2) is 23.2 Å². The second-order valence-electron chi connectivity index (χ2n) is 11.2. The quantitative estimate of drug-likeness (QED) is 0.396. The molecule has 1 saturated carbocycles. The summed E-state index contributed by atoms with van der Waals surface area (Å²) in [4.78, 5) is 36.7. The molecule has 2 aromatic heterocycles. The van der Waals surface area contributed by atoms with E-state index in [1.807, 2.05) is 25.1 Å². The number of benzene rings is 1. The maximum absolute atomic E-state index is 14.1. The van der Waals surface area contributed by atoms with Crippen LogP contribution in [0, 0.1) is 0 Å². The number of alkyl halides is 3. The van der Waals surface area contributed by atoms with Gasteiger partial charge in [-0.2, -0.15) is 13.2 Å². The van der Waals surface area contributed by atoms with E-state index in [0.717, 1.165) is 30.2 Å². The number of aromatic nitrogens is 2. The number of anilines is 3. The zero-order valence-electron chi connectivity index (χ0n) is 23.8. The Bertz CT molecular complexity index is 1760. The summed E-state index contributed by atoms with van der Waals surface area (Å²) in [5, 5.41) is 12.5. The molecule has 0 bridgehead atoms. The predicted octanol–water partition coefficient (Wildman–Crippen LogP) is 4.89. The van der Waals surface area contributed by atoms with E-state index >= 15 is 0 Å². The number of piperazine rings is 1. The van der Waals surface area contributed by atoms with Crippen molar-refractivity contribution in [3.05, 3.63) is 46.5 Å². The maximum atomic E-state index is 14.1. The van der Waals surface area contributed by atoms with E-state index in [4.69, 9.17) is 0 Å². The smallest absolute Gasteiger partial charge is 0.420 e. The third-order valence-corrected chi connectivity index (χ3v) is 11.1. The standard InChI is InChI=1S/C28H29F3N6O5S2/c1-15-14-36(7-8-37(15)27(39)40)17-5-6-20(18(11-17)16-3-4-16)33-26-32-13-19(28(29,30)31)23(34-26)21-12-22-24(43-21)25(38)35(2)9-10-44(22,41)42/h5-6,11-13,15-16H,3-4,7-10,14H2,1-2H3,(H,39,40)(H,32,33,34)/t15-/m1/s1. The molecule has 0 unspecified atom stereocenters. The van der Waals surface area contributed by atoms with Gasteiger partial charge in [0.05, 0.1) is 21.2 Å². The molecule has 0 spiro atoms. The van der Waals surface area contributed by atoms with E-state index in [-0.39, 0.29) is 44.9 Å². The fourth-order valence-corrected chi connectivity index (χ4v) is 8.57. The van der Waals surface area contributed by atoms with Crippen molar-refractivity contribution < 1.29 is 36.3 Å². The van der Waals surface area contributed by atoms with E-state index in [1.165, 1.54) is 16.8 Å². The molecular weight excluding hydrogens is 621 g/mol. The molecule has 1 atom stereocenters. The minimum Gasteiger partial charge on any atom is -0.465 e. The van der Waals surface area contributed by atoms with E-state index in [1.54, 1.807) is 0 Å². The lowest BCUT2D eigenvalue weighted by Crippen LogP contribution is -2.53. The lowest BCUT2D eigenvalue weighted by Gasteiger charge is -2.39. The zero-order valence-corrected chi connectivity index (χ0v) is 25.4. The lowest BCUT2D eigenvalue weighted by atomic mass is 10.1. The highest BCUT2D eigenvalue weighted by Gasteiger charge is 2.39. The molecule has 0 radical (unpaired) electrons. The molecule has 44 heavy (non-hydrogen) atoms. The molecule has 6 rings (SSSR count). The van der Waals surface area contributed by atoms with Crippen molar-refractivity contribution in [2.75, 3.05) is 49.2 Å². The summed E-state index contributed by atoms with van der Waals surface area (Å²) >= 11 is 0.665. The third-order valence-electron chi connectivity index (χ3n) is 8.13. The van der Waals surface area contributed by atoms with E-state index in [2.05, 4.69) is 20.2 Å². The molecule has 3 aliphatic rings. The summed E-state index contributed by atoms with van der Waals surface area (Å²) in [5.74, 6) is -0.785.